The first-order valence-electron chi connectivity index (χ1n) is 19.5. The molecule has 294 valence electrons. The van der Waals surface area contributed by atoms with E-state index in [9.17, 15) is 0 Å². The first-order chi connectivity index (χ1) is 24.2. The molecule has 5 aromatic carbocycles. The van der Waals surface area contributed by atoms with Crippen LogP contribution in [0.4, 0.5) is 0 Å². The first kappa shape index (κ1) is 48.7. The van der Waals surface area contributed by atoms with Crippen LogP contribution < -0.4 is 24.8 Å². The van der Waals surface area contributed by atoms with E-state index in [0.717, 1.165) is 6.42 Å². The Kier molecular flexibility index (Phi) is 16.3. The number of benzene rings is 4. The molecule has 0 saturated heterocycles. The van der Waals surface area contributed by atoms with Crippen molar-refractivity contribution < 1.29 is 49.0 Å². The number of fused-ring (bicyclic) bond motifs is 3. The largest absolute Gasteiger partial charge is 1.00 e. The molecule has 0 saturated carbocycles. The Morgan fingerprint density at radius 1 is 0.509 bits per heavy atom. The summed E-state index contributed by atoms with van der Waals surface area (Å²) in [6.07, 6.45) is 1.03. The minimum atomic E-state index is 0. The third-order valence-electron chi connectivity index (χ3n) is 10.3. The van der Waals surface area contributed by atoms with Gasteiger partial charge < -0.3 is 24.8 Å². The van der Waals surface area contributed by atoms with E-state index in [1.165, 1.54) is 94.2 Å². The van der Waals surface area contributed by atoms with Crippen LogP contribution in [0.15, 0.2) is 97.1 Å². The molecule has 0 fully saturated rings. The van der Waals surface area contributed by atoms with Crippen molar-refractivity contribution in [2.75, 3.05) is 0 Å². The molecule has 0 aliphatic heterocycles. The average molecular weight is 853 g/mol. The monoisotopic (exact) mass is 850 g/mol. The smallest absolute Gasteiger partial charge is 0.0635 e. The maximum absolute atomic E-state index is 3.67. The summed E-state index contributed by atoms with van der Waals surface area (Å²) in [5, 5.41) is 0. The SMILES string of the molecule is CC(C)(C)c1[c-]c2c(cc1)-c1ccc(C(C)(C)C)cc1C2.CC(C)(C)c1ccc([C](=[Zr+2])c2ccc(C(C)(C)C)cc2)cc1.Cc1cc(C(C)(C)C)c[cH-]1.[Cl-].[Cl-]. The zero-order valence-corrected chi connectivity index (χ0v) is 40.7. The molecule has 0 atom stereocenters. The molecule has 6 rings (SSSR count). The minimum absolute atomic E-state index is 0. The molecule has 5 aromatic rings. The van der Waals surface area contributed by atoms with Gasteiger partial charge in [0.1, 0.15) is 0 Å². The molecule has 0 bridgehead atoms. The van der Waals surface area contributed by atoms with Gasteiger partial charge in [-0.1, -0.05) is 98.4 Å². The van der Waals surface area contributed by atoms with Crippen LogP contribution in [0.2, 0.25) is 0 Å². The molecule has 0 nitrogen and oxygen atoms in total. The van der Waals surface area contributed by atoms with E-state index in [0.29, 0.717) is 5.41 Å². The second-order valence-electron chi connectivity index (χ2n) is 20.3. The first-order valence-corrected chi connectivity index (χ1v) is 20.7. The molecular formula is C52H66Cl2Zr-2. The molecule has 3 heteroatoms. The quantitative estimate of drug-likeness (QED) is 0.155. The van der Waals surface area contributed by atoms with Crippen LogP contribution in [0.5, 0.6) is 0 Å². The number of hydrogen-bond acceptors (Lipinski definition) is 0. The van der Waals surface area contributed by atoms with E-state index in [4.69, 9.17) is 0 Å². The standard InChI is InChI=1S/C21H25.C21H26.C10H15.2ClH.Zr/c1-20(2,3)16-7-9-18-14(12-16)11-15-13-17(21(4,5)6)8-10-19(15)18;1-20(2,3)18-11-7-16(8-12-18)15-17-9-13-19(14-10-17)21(4,5)6;1-8-5-6-9(7-8)10(2,3)4;;;/h7-10,12H,11H2,1-6H3;7-14H,1-6H3;5-7H,1-4H3;2*1H;/q-1;;-1;;;+2/p-2. The fraction of sp³-hybridized carbons (Fsp3) is 0.423. The van der Waals surface area contributed by atoms with Crippen molar-refractivity contribution in [1.29, 1.82) is 0 Å². The summed E-state index contributed by atoms with van der Waals surface area (Å²) < 4.78 is 1.42. The van der Waals surface area contributed by atoms with Crippen molar-refractivity contribution in [1.82, 2.24) is 0 Å². The van der Waals surface area contributed by atoms with E-state index in [-0.39, 0.29) is 46.5 Å². The molecule has 0 N–H and O–H groups in total. The molecular weight excluding hydrogens is 787 g/mol. The topological polar surface area (TPSA) is 0 Å². The van der Waals surface area contributed by atoms with Crippen LogP contribution in [0, 0.1) is 13.0 Å². The molecule has 1 aliphatic rings. The Morgan fingerprint density at radius 2 is 0.927 bits per heavy atom. The molecule has 1 aliphatic carbocycles. The summed E-state index contributed by atoms with van der Waals surface area (Å²) in [5.74, 6) is 0. The third-order valence-corrected chi connectivity index (χ3v) is 11.7. The maximum atomic E-state index is 3.67. The summed E-state index contributed by atoms with van der Waals surface area (Å²) in [6.45, 7) is 36.0. The molecule has 0 unspecified atom stereocenters. The van der Waals surface area contributed by atoms with Crippen LogP contribution in [0.3, 0.4) is 0 Å². The molecule has 0 radical (unpaired) electrons. The number of aryl methyl sites for hydroxylation is 1. The third kappa shape index (κ3) is 13.0. The van der Waals surface area contributed by atoms with Crippen LogP contribution in [-0.2, 0) is 57.7 Å². The molecule has 0 heterocycles. The van der Waals surface area contributed by atoms with Crippen molar-refractivity contribution in [3.8, 4) is 11.1 Å². The summed E-state index contributed by atoms with van der Waals surface area (Å²) in [5.41, 5.74) is 17.7. The van der Waals surface area contributed by atoms with Gasteiger partial charge >= 0.3 is 151 Å². The summed E-state index contributed by atoms with van der Waals surface area (Å²) in [6, 6.07) is 39.9. The molecule has 0 amide bonds. The van der Waals surface area contributed by atoms with Gasteiger partial charge in [-0.2, -0.15) is 47.0 Å². The second-order valence-corrected chi connectivity index (χ2v) is 21.5. The Balaban J connectivity index is 0.000000298. The van der Waals surface area contributed by atoms with Gasteiger partial charge in [-0.15, -0.1) is 11.1 Å². The Morgan fingerprint density at radius 3 is 1.29 bits per heavy atom. The average Bonchev–Trinajstić information content (AvgIpc) is 3.66. The second kappa shape index (κ2) is 18.4. The van der Waals surface area contributed by atoms with Crippen molar-refractivity contribution in [2.24, 2.45) is 0 Å². The van der Waals surface area contributed by atoms with Crippen molar-refractivity contribution >= 4 is 3.21 Å². The predicted octanol–water partition coefficient (Wildman–Crippen LogP) is 8.07. The van der Waals surface area contributed by atoms with Gasteiger partial charge in [-0.05, 0) is 28.4 Å². The van der Waals surface area contributed by atoms with Gasteiger partial charge in [-0.3, -0.25) is 0 Å². The van der Waals surface area contributed by atoms with Crippen molar-refractivity contribution in [2.45, 2.75) is 144 Å². The van der Waals surface area contributed by atoms with Gasteiger partial charge in [0.2, 0.25) is 0 Å². The van der Waals surface area contributed by atoms with Crippen molar-refractivity contribution in [3.63, 3.8) is 0 Å². The number of hydrogen-bond donors (Lipinski definition) is 0. The summed E-state index contributed by atoms with van der Waals surface area (Å²) in [4.78, 5) is 0. The fourth-order valence-electron chi connectivity index (χ4n) is 6.50. The number of halogens is 2. The zero-order chi connectivity index (χ0) is 39.7. The zero-order valence-electron chi connectivity index (χ0n) is 36.7. The van der Waals surface area contributed by atoms with Crippen LogP contribution in [-0.4, -0.2) is 3.21 Å². The van der Waals surface area contributed by atoms with Gasteiger partial charge in [0, 0.05) is 0 Å². The summed E-state index contributed by atoms with van der Waals surface area (Å²) in [7, 11) is 0. The van der Waals surface area contributed by atoms with Crippen LogP contribution in [0.25, 0.3) is 11.1 Å². The van der Waals surface area contributed by atoms with Crippen LogP contribution in [0.1, 0.15) is 159 Å². The van der Waals surface area contributed by atoms with E-state index < -0.39 is 0 Å². The van der Waals surface area contributed by atoms with E-state index in [1.807, 2.05) is 0 Å². The van der Waals surface area contributed by atoms with Gasteiger partial charge in [0.15, 0.2) is 0 Å². The van der Waals surface area contributed by atoms with E-state index in [1.54, 1.807) is 0 Å². The summed E-state index contributed by atoms with van der Waals surface area (Å²) >= 11 is 1.46. The maximum Gasteiger partial charge on any atom is -0.0635 e. The number of rotatable bonds is 2. The van der Waals surface area contributed by atoms with Gasteiger partial charge in [-0.25, -0.2) is 6.07 Å². The van der Waals surface area contributed by atoms with Gasteiger partial charge in [0.25, 0.3) is 0 Å². The predicted molar refractivity (Wildman–Crippen MR) is 230 cm³/mol. The van der Waals surface area contributed by atoms with E-state index >= 15 is 0 Å². The molecule has 0 aromatic heterocycles. The Hall–Kier alpha value is -2.44. The van der Waals surface area contributed by atoms with Crippen molar-refractivity contribution in [3.05, 3.63) is 159 Å². The molecule has 0 spiro atoms. The Labute approximate surface area is 363 Å². The van der Waals surface area contributed by atoms with E-state index in [2.05, 4.69) is 214 Å². The fourth-order valence-corrected chi connectivity index (χ4v) is 7.32. The van der Waals surface area contributed by atoms with Crippen LogP contribution >= 0.6 is 0 Å². The Bertz CT molecular complexity index is 1880. The minimum Gasteiger partial charge on any atom is -1.00 e. The normalized spacial score (nSPS) is 12.5. The van der Waals surface area contributed by atoms with Gasteiger partial charge in [0.05, 0.1) is 0 Å². The molecule has 55 heavy (non-hydrogen) atoms.